The molecule has 1 amide bonds. The van der Waals surface area contributed by atoms with E-state index >= 15 is 0 Å². The molecule has 0 spiro atoms. The standard InChI is InChI=1S/C13H15FN2O/c1-16(13(17)12-7-4-8-15-12)9-10-5-2-3-6-11(10)14/h2-7,12,15H,8-9H2,1H3. The zero-order valence-electron chi connectivity index (χ0n) is 9.69. The van der Waals surface area contributed by atoms with Crippen molar-refractivity contribution in [3.8, 4) is 0 Å². The first-order chi connectivity index (χ1) is 8.18. The molecule has 1 aromatic carbocycles. The normalized spacial score (nSPS) is 18.4. The van der Waals surface area contributed by atoms with Gasteiger partial charge in [0.1, 0.15) is 11.9 Å². The predicted octanol–water partition coefficient (Wildman–Crippen LogP) is 1.31. The topological polar surface area (TPSA) is 32.3 Å². The largest absolute Gasteiger partial charge is 0.340 e. The van der Waals surface area contributed by atoms with Crippen molar-refractivity contribution in [3.63, 3.8) is 0 Å². The van der Waals surface area contributed by atoms with Crippen LogP contribution in [-0.2, 0) is 11.3 Å². The lowest BCUT2D eigenvalue weighted by Gasteiger charge is -2.20. The number of likely N-dealkylation sites (N-methyl/N-ethyl adjacent to an activating group) is 1. The third kappa shape index (κ3) is 2.71. The zero-order chi connectivity index (χ0) is 12.3. The minimum atomic E-state index is -0.276. The van der Waals surface area contributed by atoms with Gasteiger partial charge in [-0.1, -0.05) is 30.4 Å². The predicted molar refractivity (Wildman–Crippen MR) is 63.8 cm³/mol. The Balaban J connectivity index is 2.01. The Hall–Kier alpha value is -1.68. The molecule has 1 unspecified atom stereocenters. The van der Waals surface area contributed by atoms with E-state index in [1.807, 2.05) is 12.2 Å². The third-order valence-corrected chi connectivity index (χ3v) is 2.79. The summed E-state index contributed by atoms with van der Waals surface area (Å²) in [7, 11) is 1.68. The van der Waals surface area contributed by atoms with Gasteiger partial charge < -0.3 is 4.90 Å². The van der Waals surface area contributed by atoms with Crippen molar-refractivity contribution in [3.05, 3.63) is 47.8 Å². The highest BCUT2D eigenvalue weighted by molar-refractivity contribution is 5.84. The molecular weight excluding hydrogens is 219 g/mol. The van der Waals surface area contributed by atoms with Crippen LogP contribution >= 0.6 is 0 Å². The van der Waals surface area contributed by atoms with Gasteiger partial charge in [-0.15, -0.1) is 0 Å². The van der Waals surface area contributed by atoms with Crippen molar-refractivity contribution in [1.29, 1.82) is 0 Å². The van der Waals surface area contributed by atoms with Crippen LogP contribution in [0.3, 0.4) is 0 Å². The van der Waals surface area contributed by atoms with E-state index in [1.165, 1.54) is 11.0 Å². The fourth-order valence-electron chi connectivity index (χ4n) is 1.83. The van der Waals surface area contributed by atoms with Gasteiger partial charge in [0, 0.05) is 25.7 Å². The van der Waals surface area contributed by atoms with E-state index in [-0.39, 0.29) is 24.3 Å². The molecule has 1 N–H and O–H groups in total. The maximum atomic E-state index is 13.4. The molecule has 1 aliphatic heterocycles. The van der Waals surface area contributed by atoms with Crippen LogP contribution < -0.4 is 5.32 Å². The smallest absolute Gasteiger partial charge is 0.243 e. The lowest BCUT2D eigenvalue weighted by molar-refractivity contribution is -0.131. The van der Waals surface area contributed by atoms with Crippen molar-refractivity contribution in [1.82, 2.24) is 10.2 Å². The van der Waals surface area contributed by atoms with Crippen LogP contribution in [0.5, 0.6) is 0 Å². The highest BCUT2D eigenvalue weighted by Crippen LogP contribution is 2.10. The maximum Gasteiger partial charge on any atom is 0.243 e. The summed E-state index contributed by atoms with van der Waals surface area (Å²) in [5, 5.41) is 3.04. The van der Waals surface area contributed by atoms with Gasteiger partial charge in [-0.2, -0.15) is 0 Å². The Morgan fingerprint density at radius 3 is 2.94 bits per heavy atom. The van der Waals surface area contributed by atoms with Crippen molar-refractivity contribution in [2.75, 3.05) is 13.6 Å². The lowest BCUT2D eigenvalue weighted by atomic mass is 10.2. The first-order valence-electron chi connectivity index (χ1n) is 5.57. The molecule has 1 aliphatic rings. The SMILES string of the molecule is CN(Cc1ccccc1F)C(=O)C1C=CCN1. The van der Waals surface area contributed by atoms with Gasteiger partial charge in [0.15, 0.2) is 0 Å². The molecule has 0 saturated carbocycles. The highest BCUT2D eigenvalue weighted by atomic mass is 19.1. The molecule has 0 saturated heterocycles. The Morgan fingerprint density at radius 1 is 1.53 bits per heavy atom. The molecule has 0 aliphatic carbocycles. The molecular formula is C13H15FN2O. The van der Waals surface area contributed by atoms with Crippen LogP contribution in [0.25, 0.3) is 0 Å². The molecule has 0 bridgehead atoms. The van der Waals surface area contributed by atoms with Crippen molar-refractivity contribution in [2.24, 2.45) is 0 Å². The number of nitrogens with one attached hydrogen (secondary N) is 1. The third-order valence-electron chi connectivity index (χ3n) is 2.79. The lowest BCUT2D eigenvalue weighted by Crippen LogP contribution is -2.41. The van der Waals surface area contributed by atoms with Gasteiger partial charge in [-0.3, -0.25) is 10.1 Å². The average Bonchev–Trinajstić information content (AvgIpc) is 2.84. The van der Waals surface area contributed by atoms with Crippen LogP contribution in [0.1, 0.15) is 5.56 Å². The molecule has 90 valence electrons. The van der Waals surface area contributed by atoms with Crippen LogP contribution in [0.15, 0.2) is 36.4 Å². The first-order valence-corrected chi connectivity index (χ1v) is 5.57. The van der Waals surface area contributed by atoms with E-state index in [1.54, 1.807) is 25.2 Å². The fourth-order valence-corrected chi connectivity index (χ4v) is 1.83. The van der Waals surface area contributed by atoms with Gasteiger partial charge in [-0.25, -0.2) is 4.39 Å². The summed E-state index contributed by atoms with van der Waals surface area (Å²) >= 11 is 0. The fraction of sp³-hybridized carbons (Fsp3) is 0.308. The summed E-state index contributed by atoms with van der Waals surface area (Å²) in [5.74, 6) is -0.316. The summed E-state index contributed by atoms with van der Waals surface area (Å²) in [5.41, 5.74) is 0.533. The monoisotopic (exact) mass is 234 g/mol. The second-order valence-electron chi connectivity index (χ2n) is 4.10. The van der Waals surface area contributed by atoms with Crippen LogP contribution in [-0.4, -0.2) is 30.4 Å². The minimum absolute atomic E-state index is 0.0398. The molecule has 2 rings (SSSR count). The number of hydrogen-bond acceptors (Lipinski definition) is 2. The zero-order valence-corrected chi connectivity index (χ0v) is 9.69. The number of nitrogens with zero attached hydrogens (tertiary/aromatic N) is 1. The number of carbonyl (C=O) groups excluding carboxylic acids is 1. The first kappa shape index (κ1) is 11.8. The van der Waals surface area contributed by atoms with Crippen LogP contribution in [0, 0.1) is 5.82 Å². The molecule has 0 fully saturated rings. The molecule has 1 heterocycles. The highest BCUT2D eigenvalue weighted by Gasteiger charge is 2.21. The maximum absolute atomic E-state index is 13.4. The van der Waals surface area contributed by atoms with Gasteiger partial charge in [0.2, 0.25) is 5.91 Å². The Morgan fingerprint density at radius 2 is 2.29 bits per heavy atom. The Bertz CT molecular complexity index is 445. The molecule has 1 atom stereocenters. The average molecular weight is 234 g/mol. The molecule has 1 aromatic rings. The molecule has 17 heavy (non-hydrogen) atoms. The quantitative estimate of drug-likeness (QED) is 0.800. The van der Waals surface area contributed by atoms with E-state index in [0.29, 0.717) is 12.1 Å². The number of benzene rings is 1. The summed E-state index contributed by atoms with van der Waals surface area (Å²) in [4.78, 5) is 13.5. The second-order valence-corrected chi connectivity index (χ2v) is 4.10. The minimum Gasteiger partial charge on any atom is -0.340 e. The van der Waals surface area contributed by atoms with Crippen molar-refractivity contribution < 1.29 is 9.18 Å². The Kier molecular flexibility index (Phi) is 3.54. The summed E-state index contributed by atoms with van der Waals surface area (Å²) in [6, 6.07) is 6.23. The van der Waals surface area contributed by atoms with Crippen molar-refractivity contribution >= 4 is 5.91 Å². The number of rotatable bonds is 3. The van der Waals surface area contributed by atoms with Gasteiger partial charge in [-0.05, 0) is 6.07 Å². The van der Waals surface area contributed by atoms with E-state index in [4.69, 9.17) is 0 Å². The second kappa shape index (κ2) is 5.10. The van der Waals surface area contributed by atoms with E-state index < -0.39 is 0 Å². The van der Waals surface area contributed by atoms with Gasteiger partial charge in [0.25, 0.3) is 0 Å². The van der Waals surface area contributed by atoms with Crippen LogP contribution in [0.2, 0.25) is 0 Å². The number of amides is 1. The summed E-state index contributed by atoms with van der Waals surface area (Å²) in [6.07, 6.45) is 3.75. The molecule has 4 heteroatoms. The summed E-state index contributed by atoms with van der Waals surface area (Å²) in [6.45, 7) is 1.00. The van der Waals surface area contributed by atoms with E-state index in [2.05, 4.69) is 5.32 Å². The number of carbonyl (C=O) groups is 1. The molecule has 0 radical (unpaired) electrons. The molecule has 0 aromatic heterocycles. The Labute approximate surface area is 99.9 Å². The number of halogens is 1. The van der Waals surface area contributed by atoms with Crippen LogP contribution in [0.4, 0.5) is 4.39 Å². The number of hydrogen-bond donors (Lipinski definition) is 1. The summed E-state index contributed by atoms with van der Waals surface area (Å²) < 4.78 is 13.4. The van der Waals surface area contributed by atoms with E-state index in [0.717, 1.165) is 0 Å². The van der Waals surface area contributed by atoms with Gasteiger partial charge in [0.05, 0.1) is 0 Å². The van der Waals surface area contributed by atoms with Crippen molar-refractivity contribution in [2.45, 2.75) is 12.6 Å². The van der Waals surface area contributed by atoms with E-state index in [9.17, 15) is 9.18 Å². The molecule has 3 nitrogen and oxygen atoms in total. The van der Waals surface area contributed by atoms with Gasteiger partial charge >= 0.3 is 0 Å².